The zero-order valence-corrected chi connectivity index (χ0v) is 6.95. The second-order valence-corrected chi connectivity index (χ2v) is 2.52. The number of methoxy groups -OCH3 is 1. The van der Waals surface area contributed by atoms with Crippen molar-refractivity contribution in [3.63, 3.8) is 0 Å². The molecular formula is C6H9N3O4. The number of ether oxygens (including phenoxy) is 2. The van der Waals surface area contributed by atoms with Gasteiger partial charge in [-0.25, -0.2) is 4.79 Å². The number of azide groups is 1. The lowest BCUT2D eigenvalue weighted by Gasteiger charge is -2.38. The van der Waals surface area contributed by atoms with Crippen LogP contribution >= 0.6 is 0 Å². The van der Waals surface area contributed by atoms with Gasteiger partial charge in [-0.15, -0.1) is 0 Å². The van der Waals surface area contributed by atoms with Gasteiger partial charge < -0.3 is 14.6 Å². The van der Waals surface area contributed by atoms with Gasteiger partial charge in [-0.2, -0.15) is 0 Å². The molecule has 0 saturated carbocycles. The maximum absolute atomic E-state index is 10.8. The Kier molecular flexibility index (Phi) is 3.07. The van der Waals surface area contributed by atoms with E-state index < -0.39 is 24.3 Å². The number of esters is 1. The van der Waals surface area contributed by atoms with E-state index in [1.165, 1.54) is 7.11 Å². The van der Waals surface area contributed by atoms with E-state index in [-0.39, 0.29) is 6.54 Å². The molecule has 1 fully saturated rings. The molecule has 1 aliphatic heterocycles. The summed E-state index contributed by atoms with van der Waals surface area (Å²) in [5.41, 5.74) is 7.97. The van der Waals surface area contributed by atoms with E-state index >= 15 is 0 Å². The molecule has 1 aliphatic rings. The third kappa shape index (κ3) is 1.89. The summed E-state index contributed by atoms with van der Waals surface area (Å²) in [4.78, 5) is 13.3. The van der Waals surface area contributed by atoms with Crippen LogP contribution in [0.25, 0.3) is 10.4 Å². The molecule has 1 rings (SSSR count). The average Bonchev–Trinajstić information content (AvgIpc) is 2.15. The number of aliphatic hydroxyl groups excluding tert-OH is 1. The molecule has 0 bridgehead atoms. The van der Waals surface area contributed by atoms with Crippen LogP contribution in [0.15, 0.2) is 5.11 Å². The van der Waals surface area contributed by atoms with Gasteiger partial charge in [0.1, 0.15) is 6.10 Å². The van der Waals surface area contributed by atoms with Crippen LogP contribution in [-0.2, 0) is 14.3 Å². The van der Waals surface area contributed by atoms with E-state index in [1.54, 1.807) is 0 Å². The summed E-state index contributed by atoms with van der Waals surface area (Å²) in [6.07, 6.45) is -2.48. The molecule has 0 radical (unpaired) electrons. The van der Waals surface area contributed by atoms with Crippen molar-refractivity contribution in [1.82, 2.24) is 0 Å². The molecule has 1 heterocycles. The molecular weight excluding hydrogens is 178 g/mol. The van der Waals surface area contributed by atoms with Crippen molar-refractivity contribution in [3.05, 3.63) is 10.4 Å². The summed E-state index contributed by atoms with van der Waals surface area (Å²) in [6.45, 7) is 0.0190. The van der Waals surface area contributed by atoms with Crippen LogP contribution in [0.5, 0.6) is 0 Å². The fourth-order valence-electron chi connectivity index (χ4n) is 1.03. The molecule has 0 unspecified atom stereocenters. The summed E-state index contributed by atoms with van der Waals surface area (Å²) < 4.78 is 9.27. The minimum atomic E-state index is -0.946. The summed E-state index contributed by atoms with van der Waals surface area (Å²) in [5.74, 6) is -0.621. The monoisotopic (exact) mass is 187 g/mol. The lowest BCUT2D eigenvalue weighted by Crippen LogP contribution is -2.59. The van der Waals surface area contributed by atoms with Gasteiger partial charge in [0.15, 0.2) is 6.10 Å². The van der Waals surface area contributed by atoms with Crippen LogP contribution < -0.4 is 0 Å². The largest absolute Gasteiger partial charge is 0.467 e. The van der Waals surface area contributed by atoms with E-state index in [0.717, 1.165) is 0 Å². The molecule has 1 N–H and O–H groups in total. The Morgan fingerprint density at radius 2 is 2.54 bits per heavy atom. The van der Waals surface area contributed by atoms with Gasteiger partial charge in [0, 0.05) is 4.91 Å². The SMILES string of the molecule is COC(=O)[C@@H]1O[C@H](CN=[N+]=[N-])[C@H]1O. The Bertz CT molecular complexity index is 250. The topological polar surface area (TPSA) is 105 Å². The Morgan fingerprint density at radius 3 is 3.00 bits per heavy atom. The van der Waals surface area contributed by atoms with Crippen LogP contribution in [-0.4, -0.2) is 43.0 Å². The number of aliphatic hydroxyl groups is 1. The number of carbonyl (C=O) groups excluding carboxylic acids is 1. The van der Waals surface area contributed by atoms with Gasteiger partial charge in [-0.1, -0.05) is 5.11 Å². The zero-order chi connectivity index (χ0) is 9.84. The Hall–Kier alpha value is -1.30. The predicted molar refractivity (Wildman–Crippen MR) is 40.7 cm³/mol. The van der Waals surface area contributed by atoms with E-state index in [4.69, 9.17) is 10.3 Å². The molecule has 0 spiro atoms. The summed E-state index contributed by atoms with van der Waals surface area (Å²) in [6, 6.07) is 0. The van der Waals surface area contributed by atoms with Crippen LogP contribution in [0.3, 0.4) is 0 Å². The lowest BCUT2D eigenvalue weighted by atomic mass is 10.0. The van der Waals surface area contributed by atoms with Crippen molar-refractivity contribution in [2.45, 2.75) is 18.3 Å². The minimum Gasteiger partial charge on any atom is -0.467 e. The molecule has 7 heteroatoms. The summed E-state index contributed by atoms with van der Waals surface area (Å²) in [7, 11) is 1.21. The Balaban J connectivity index is 2.38. The maximum atomic E-state index is 10.8. The first-order chi connectivity index (χ1) is 6.20. The number of hydrogen-bond donors (Lipinski definition) is 1. The van der Waals surface area contributed by atoms with E-state index in [1.807, 2.05) is 0 Å². The van der Waals surface area contributed by atoms with Crippen LogP contribution in [0.2, 0.25) is 0 Å². The molecule has 13 heavy (non-hydrogen) atoms. The lowest BCUT2D eigenvalue weighted by molar-refractivity contribution is -0.228. The minimum absolute atomic E-state index is 0.0190. The second-order valence-electron chi connectivity index (χ2n) is 2.52. The Morgan fingerprint density at radius 1 is 1.85 bits per heavy atom. The molecule has 0 aromatic heterocycles. The zero-order valence-electron chi connectivity index (χ0n) is 6.95. The highest BCUT2D eigenvalue weighted by atomic mass is 16.6. The van der Waals surface area contributed by atoms with Gasteiger partial charge in [0.25, 0.3) is 0 Å². The highest BCUT2D eigenvalue weighted by molar-refractivity contribution is 5.76. The molecule has 0 aromatic carbocycles. The quantitative estimate of drug-likeness (QED) is 0.281. The predicted octanol–water partition coefficient (Wildman–Crippen LogP) is -0.402. The fourth-order valence-corrected chi connectivity index (χ4v) is 1.03. The normalized spacial score (nSPS) is 31.4. The fraction of sp³-hybridized carbons (Fsp3) is 0.833. The molecule has 1 saturated heterocycles. The highest BCUT2D eigenvalue weighted by Gasteiger charge is 2.46. The van der Waals surface area contributed by atoms with Crippen molar-refractivity contribution in [1.29, 1.82) is 0 Å². The van der Waals surface area contributed by atoms with Gasteiger partial charge in [-0.3, -0.25) is 0 Å². The first-order valence-electron chi connectivity index (χ1n) is 3.63. The van der Waals surface area contributed by atoms with Crippen LogP contribution in [0.1, 0.15) is 0 Å². The van der Waals surface area contributed by atoms with Crippen molar-refractivity contribution >= 4 is 5.97 Å². The first-order valence-corrected chi connectivity index (χ1v) is 3.63. The van der Waals surface area contributed by atoms with Gasteiger partial charge in [0.2, 0.25) is 0 Å². The summed E-state index contributed by atoms with van der Waals surface area (Å²) >= 11 is 0. The Labute approximate surface area is 73.9 Å². The standard InChI is InChI=1S/C6H9N3O4/c1-12-6(11)5-4(10)3(13-5)2-8-9-7/h3-5,10H,2H2,1H3/t3-,4-,5-/m1/s1. The number of carbonyl (C=O) groups is 1. The van der Waals surface area contributed by atoms with E-state index in [0.29, 0.717) is 0 Å². The second kappa shape index (κ2) is 4.08. The third-order valence-electron chi connectivity index (χ3n) is 1.77. The van der Waals surface area contributed by atoms with Crippen LogP contribution in [0.4, 0.5) is 0 Å². The number of rotatable bonds is 3. The van der Waals surface area contributed by atoms with Crippen LogP contribution in [0, 0.1) is 0 Å². The smallest absolute Gasteiger partial charge is 0.337 e. The van der Waals surface area contributed by atoms with Gasteiger partial charge >= 0.3 is 5.97 Å². The first kappa shape index (κ1) is 9.79. The highest BCUT2D eigenvalue weighted by Crippen LogP contribution is 2.22. The molecule has 0 aromatic rings. The molecule has 72 valence electrons. The molecule has 0 aliphatic carbocycles. The summed E-state index contributed by atoms with van der Waals surface area (Å²) in [5, 5.41) is 12.5. The molecule has 0 amide bonds. The van der Waals surface area contributed by atoms with E-state index in [9.17, 15) is 9.90 Å². The van der Waals surface area contributed by atoms with Crippen molar-refractivity contribution < 1.29 is 19.4 Å². The van der Waals surface area contributed by atoms with Gasteiger partial charge in [0.05, 0.1) is 19.8 Å². The van der Waals surface area contributed by atoms with E-state index in [2.05, 4.69) is 14.8 Å². The average molecular weight is 187 g/mol. The van der Waals surface area contributed by atoms with Crippen molar-refractivity contribution in [3.8, 4) is 0 Å². The number of nitrogens with zero attached hydrogens (tertiary/aromatic N) is 3. The van der Waals surface area contributed by atoms with Crippen molar-refractivity contribution in [2.24, 2.45) is 5.11 Å². The van der Waals surface area contributed by atoms with Gasteiger partial charge in [-0.05, 0) is 5.53 Å². The number of hydrogen-bond acceptors (Lipinski definition) is 5. The molecule has 7 nitrogen and oxygen atoms in total. The third-order valence-corrected chi connectivity index (χ3v) is 1.77. The maximum Gasteiger partial charge on any atom is 0.337 e. The van der Waals surface area contributed by atoms with Crippen molar-refractivity contribution in [2.75, 3.05) is 13.7 Å². The molecule has 3 atom stereocenters.